The maximum atomic E-state index is 11.5. The van der Waals surface area contributed by atoms with E-state index >= 15 is 0 Å². The van der Waals surface area contributed by atoms with Crippen LogP contribution in [0.2, 0.25) is 0 Å². The highest BCUT2D eigenvalue weighted by atomic mass is 16.4. The SMILES string of the molecule is CCNC(C)(CN1CCCN2CCCC2C1)C(=O)O. The van der Waals surface area contributed by atoms with E-state index in [-0.39, 0.29) is 0 Å². The molecule has 2 aliphatic rings. The number of hydrogen-bond acceptors (Lipinski definition) is 4. The van der Waals surface area contributed by atoms with Crippen molar-refractivity contribution in [3.8, 4) is 0 Å². The van der Waals surface area contributed by atoms with Gasteiger partial charge in [-0.15, -0.1) is 0 Å². The summed E-state index contributed by atoms with van der Waals surface area (Å²) in [7, 11) is 0. The Morgan fingerprint density at radius 3 is 2.79 bits per heavy atom. The Hall–Kier alpha value is -0.650. The van der Waals surface area contributed by atoms with E-state index in [0.717, 1.165) is 19.5 Å². The molecule has 5 heteroatoms. The number of carbonyl (C=O) groups is 1. The third-order valence-electron chi connectivity index (χ3n) is 4.47. The van der Waals surface area contributed by atoms with Crippen LogP contribution in [0.1, 0.15) is 33.1 Å². The summed E-state index contributed by atoms with van der Waals surface area (Å²) < 4.78 is 0. The molecule has 0 aromatic rings. The van der Waals surface area contributed by atoms with Crippen LogP contribution in [0.5, 0.6) is 0 Å². The van der Waals surface area contributed by atoms with E-state index in [1.807, 2.05) is 6.92 Å². The lowest BCUT2D eigenvalue weighted by Crippen LogP contribution is -2.57. The maximum Gasteiger partial charge on any atom is 0.324 e. The van der Waals surface area contributed by atoms with E-state index in [0.29, 0.717) is 19.1 Å². The van der Waals surface area contributed by atoms with Gasteiger partial charge in [-0.25, -0.2) is 0 Å². The molecule has 0 radical (unpaired) electrons. The number of likely N-dealkylation sites (N-methyl/N-ethyl adjacent to an activating group) is 1. The van der Waals surface area contributed by atoms with Gasteiger partial charge in [-0.1, -0.05) is 6.92 Å². The van der Waals surface area contributed by atoms with Crippen LogP contribution in [-0.4, -0.2) is 71.7 Å². The molecular weight excluding hydrogens is 242 g/mol. The molecule has 0 spiro atoms. The van der Waals surface area contributed by atoms with Gasteiger partial charge in [0.25, 0.3) is 0 Å². The Kier molecular flexibility index (Phi) is 4.81. The van der Waals surface area contributed by atoms with Gasteiger partial charge < -0.3 is 10.4 Å². The van der Waals surface area contributed by atoms with E-state index in [4.69, 9.17) is 0 Å². The van der Waals surface area contributed by atoms with Gasteiger partial charge in [-0.2, -0.15) is 0 Å². The van der Waals surface area contributed by atoms with Gasteiger partial charge in [0.2, 0.25) is 0 Å². The van der Waals surface area contributed by atoms with Gasteiger partial charge in [0.05, 0.1) is 0 Å². The molecule has 0 aliphatic carbocycles. The molecule has 5 nitrogen and oxygen atoms in total. The number of rotatable bonds is 5. The molecule has 2 unspecified atom stereocenters. The highest BCUT2D eigenvalue weighted by Crippen LogP contribution is 2.22. The number of hydrogen-bond donors (Lipinski definition) is 2. The van der Waals surface area contributed by atoms with Crippen molar-refractivity contribution in [3.05, 3.63) is 0 Å². The number of carboxylic acid groups (broad SMARTS) is 1. The average molecular weight is 269 g/mol. The molecule has 0 aromatic carbocycles. The first-order valence-corrected chi connectivity index (χ1v) is 7.50. The molecule has 110 valence electrons. The zero-order valence-corrected chi connectivity index (χ0v) is 12.2. The van der Waals surface area contributed by atoms with Crippen LogP contribution in [0.3, 0.4) is 0 Å². The molecule has 2 rings (SSSR count). The van der Waals surface area contributed by atoms with E-state index in [1.54, 1.807) is 6.92 Å². The van der Waals surface area contributed by atoms with Crippen LogP contribution in [0, 0.1) is 0 Å². The van der Waals surface area contributed by atoms with Gasteiger partial charge in [-0.05, 0) is 52.4 Å². The first-order valence-electron chi connectivity index (χ1n) is 7.50. The molecule has 2 saturated heterocycles. The number of fused-ring (bicyclic) bond motifs is 1. The second-order valence-corrected chi connectivity index (χ2v) is 6.09. The number of nitrogens with one attached hydrogen (secondary N) is 1. The van der Waals surface area contributed by atoms with Crippen LogP contribution in [-0.2, 0) is 4.79 Å². The second-order valence-electron chi connectivity index (χ2n) is 6.09. The predicted octanol–water partition coefficient (Wildman–Crippen LogP) is 0.609. The lowest BCUT2D eigenvalue weighted by atomic mass is 10.0. The van der Waals surface area contributed by atoms with Gasteiger partial charge in [-0.3, -0.25) is 14.6 Å². The van der Waals surface area contributed by atoms with Gasteiger partial charge in [0.15, 0.2) is 0 Å². The molecule has 0 aromatic heterocycles. The molecule has 2 N–H and O–H groups in total. The van der Waals surface area contributed by atoms with E-state index in [9.17, 15) is 9.90 Å². The Morgan fingerprint density at radius 1 is 1.37 bits per heavy atom. The first kappa shape index (κ1) is 14.8. The fourth-order valence-corrected chi connectivity index (χ4v) is 3.46. The minimum atomic E-state index is -0.831. The van der Waals surface area contributed by atoms with Crippen molar-refractivity contribution in [2.75, 3.05) is 39.3 Å². The number of carboxylic acids is 1. The summed E-state index contributed by atoms with van der Waals surface area (Å²) in [6.45, 7) is 9.48. The van der Waals surface area contributed by atoms with Gasteiger partial charge >= 0.3 is 5.97 Å². The van der Waals surface area contributed by atoms with Crippen molar-refractivity contribution in [1.82, 2.24) is 15.1 Å². The summed E-state index contributed by atoms with van der Waals surface area (Å²) in [5.74, 6) is -0.748. The molecular formula is C14H27N3O2. The van der Waals surface area contributed by atoms with Crippen molar-refractivity contribution in [3.63, 3.8) is 0 Å². The molecule has 2 atom stereocenters. The topological polar surface area (TPSA) is 55.8 Å². The molecule has 0 saturated carbocycles. The van der Waals surface area contributed by atoms with Crippen LogP contribution in [0.4, 0.5) is 0 Å². The van der Waals surface area contributed by atoms with Crippen molar-refractivity contribution >= 4 is 5.97 Å². The third kappa shape index (κ3) is 3.46. The third-order valence-corrected chi connectivity index (χ3v) is 4.47. The van der Waals surface area contributed by atoms with Crippen LogP contribution >= 0.6 is 0 Å². The minimum Gasteiger partial charge on any atom is -0.480 e. The highest BCUT2D eigenvalue weighted by Gasteiger charge is 2.36. The van der Waals surface area contributed by atoms with Gasteiger partial charge in [0, 0.05) is 19.1 Å². The van der Waals surface area contributed by atoms with Crippen molar-refractivity contribution in [1.29, 1.82) is 0 Å². The maximum absolute atomic E-state index is 11.5. The van der Waals surface area contributed by atoms with E-state index in [2.05, 4.69) is 15.1 Å². The zero-order chi connectivity index (χ0) is 13.9. The normalized spacial score (nSPS) is 28.6. The van der Waals surface area contributed by atoms with Crippen molar-refractivity contribution in [2.24, 2.45) is 0 Å². The lowest BCUT2D eigenvalue weighted by Gasteiger charge is -2.33. The van der Waals surface area contributed by atoms with E-state index < -0.39 is 11.5 Å². The summed E-state index contributed by atoms with van der Waals surface area (Å²) in [4.78, 5) is 16.4. The standard InChI is InChI=1S/C14H27N3O2/c1-3-15-14(2,13(18)19)11-16-7-5-9-17-8-4-6-12(17)10-16/h12,15H,3-11H2,1-2H3,(H,18,19). The largest absolute Gasteiger partial charge is 0.480 e. The lowest BCUT2D eigenvalue weighted by molar-refractivity contribution is -0.145. The minimum absolute atomic E-state index is 0.598. The Balaban J connectivity index is 1.98. The van der Waals surface area contributed by atoms with Crippen molar-refractivity contribution in [2.45, 2.75) is 44.7 Å². The Morgan fingerprint density at radius 2 is 2.11 bits per heavy atom. The summed E-state index contributed by atoms with van der Waals surface area (Å²) >= 11 is 0. The fraction of sp³-hybridized carbons (Fsp3) is 0.929. The van der Waals surface area contributed by atoms with E-state index in [1.165, 1.54) is 25.9 Å². The van der Waals surface area contributed by atoms with Crippen LogP contribution in [0.25, 0.3) is 0 Å². The van der Waals surface area contributed by atoms with Crippen LogP contribution in [0.15, 0.2) is 0 Å². The Bertz CT molecular complexity index is 324. The number of aliphatic carboxylic acids is 1. The molecule has 2 heterocycles. The smallest absolute Gasteiger partial charge is 0.324 e. The second kappa shape index (κ2) is 6.20. The molecule has 2 fully saturated rings. The summed E-state index contributed by atoms with van der Waals surface area (Å²) in [6.07, 6.45) is 3.71. The predicted molar refractivity (Wildman–Crippen MR) is 75.4 cm³/mol. The van der Waals surface area contributed by atoms with Gasteiger partial charge in [0.1, 0.15) is 5.54 Å². The molecule has 0 bridgehead atoms. The molecule has 0 amide bonds. The van der Waals surface area contributed by atoms with Crippen LogP contribution < -0.4 is 5.32 Å². The zero-order valence-electron chi connectivity index (χ0n) is 12.2. The summed E-state index contributed by atoms with van der Waals surface area (Å²) in [6, 6.07) is 0.641. The quantitative estimate of drug-likeness (QED) is 0.766. The number of nitrogens with zero attached hydrogens (tertiary/aromatic N) is 2. The fourth-order valence-electron chi connectivity index (χ4n) is 3.46. The highest BCUT2D eigenvalue weighted by molar-refractivity contribution is 5.78. The Labute approximate surface area is 115 Å². The first-order chi connectivity index (χ1) is 9.05. The average Bonchev–Trinajstić information content (AvgIpc) is 2.69. The monoisotopic (exact) mass is 269 g/mol. The molecule has 19 heavy (non-hydrogen) atoms. The van der Waals surface area contributed by atoms with Crippen molar-refractivity contribution < 1.29 is 9.90 Å². The summed E-state index contributed by atoms with van der Waals surface area (Å²) in [5.41, 5.74) is -0.831. The molecule has 2 aliphatic heterocycles. The summed E-state index contributed by atoms with van der Waals surface area (Å²) in [5, 5.41) is 12.6.